The largest absolute Gasteiger partial charge is 0.382 e. The first-order valence-electron chi connectivity index (χ1n) is 5.12. The Balaban J connectivity index is 2.29. The third-order valence-electron chi connectivity index (χ3n) is 2.99. The molecule has 0 bridgehead atoms. The van der Waals surface area contributed by atoms with Crippen LogP contribution in [0.5, 0.6) is 0 Å². The second kappa shape index (κ2) is 3.37. The first kappa shape index (κ1) is 9.69. The summed E-state index contributed by atoms with van der Waals surface area (Å²) in [6, 6.07) is 9.76. The van der Waals surface area contributed by atoms with Crippen molar-refractivity contribution in [1.82, 2.24) is 0 Å². The highest BCUT2D eigenvalue weighted by molar-refractivity contribution is 5.25. The lowest BCUT2D eigenvalue weighted by Crippen LogP contribution is -2.32. The molecule has 14 heavy (non-hydrogen) atoms. The van der Waals surface area contributed by atoms with Gasteiger partial charge in [0, 0.05) is 0 Å². The van der Waals surface area contributed by atoms with Crippen LogP contribution < -0.4 is 0 Å². The Hall–Kier alpha value is -0.860. The average Bonchev–Trinajstić information content (AvgIpc) is 2.96. The van der Waals surface area contributed by atoms with Crippen molar-refractivity contribution in [2.45, 2.75) is 38.1 Å². The van der Waals surface area contributed by atoms with Crippen LogP contribution in [-0.2, 0) is 10.3 Å². The zero-order chi connectivity index (χ0) is 10.2. The quantitative estimate of drug-likeness (QED) is 0.744. The fourth-order valence-corrected chi connectivity index (χ4v) is 1.98. The molecule has 0 unspecified atom stereocenters. The maximum atomic E-state index is 10.5. The number of ether oxygens (including phenoxy) is 1. The van der Waals surface area contributed by atoms with E-state index in [0.717, 1.165) is 5.56 Å². The van der Waals surface area contributed by atoms with Gasteiger partial charge in [0.05, 0.1) is 6.10 Å². The van der Waals surface area contributed by atoms with Crippen LogP contribution in [0.1, 0.15) is 25.8 Å². The van der Waals surface area contributed by atoms with Gasteiger partial charge in [0.2, 0.25) is 0 Å². The standard InChI is InChI=1S/C12H16O2/c1-3-12(13,11-9(2)14-11)10-7-5-4-6-8-10/h4-9,11,13H,3H2,1-2H3/t9-,11+,12-/m0/s1. The minimum Gasteiger partial charge on any atom is -0.382 e. The van der Waals surface area contributed by atoms with E-state index in [1.165, 1.54) is 0 Å². The van der Waals surface area contributed by atoms with Crippen LogP contribution in [0.2, 0.25) is 0 Å². The summed E-state index contributed by atoms with van der Waals surface area (Å²) in [5.74, 6) is 0. The molecule has 76 valence electrons. The van der Waals surface area contributed by atoms with E-state index in [9.17, 15) is 5.11 Å². The molecule has 0 saturated carbocycles. The van der Waals surface area contributed by atoms with Gasteiger partial charge in [0.1, 0.15) is 11.7 Å². The fourth-order valence-electron chi connectivity index (χ4n) is 1.98. The van der Waals surface area contributed by atoms with Gasteiger partial charge < -0.3 is 9.84 Å². The Morgan fingerprint density at radius 3 is 2.36 bits per heavy atom. The van der Waals surface area contributed by atoms with Gasteiger partial charge in [0.25, 0.3) is 0 Å². The number of aliphatic hydroxyl groups is 1. The van der Waals surface area contributed by atoms with Crippen LogP contribution in [0.4, 0.5) is 0 Å². The molecule has 1 aliphatic heterocycles. The van der Waals surface area contributed by atoms with Gasteiger partial charge >= 0.3 is 0 Å². The molecule has 3 atom stereocenters. The maximum absolute atomic E-state index is 10.5. The van der Waals surface area contributed by atoms with E-state index in [-0.39, 0.29) is 12.2 Å². The van der Waals surface area contributed by atoms with Crippen LogP contribution in [0.3, 0.4) is 0 Å². The summed E-state index contributed by atoms with van der Waals surface area (Å²) in [4.78, 5) is 0. The van der Waals surface area contributed by atoms with E-state index in [0.29, 0.717) is 6.42 Å². The highest BCUT2D eigenvalue weighted by Crippen LogP contribution is 2.41. The predicted octanol–water partition coefficient (Wildman–Crippen LogP) is 2.07. The molecule has 0 radical (unpaired) electrons. The lowest BCUT2D eigenvalue weighted by atomic mass is 9.87. The monoisotopic (exact) mass is 192 g/mol. The first-order valence-corrected chi connectivity index (χ1v) is 5.12. The molecule has 1 aromatic rings. The van der Waals surface area contributed by atoms with Crippen LogP contribution in [0.25, 0.3) is 0 Å². The Morgan fingerprint density at radius 2 is 1.93 bits per heavy atom. The molecule has 2 rings (SSSR count). The topological polar surface area (TPSA) is 32.8 Å². The second-order valence-corrected chi connectivity index (χ2v) is 3.91. The zero-order valence-corrected chi connectivity index (χ0v) is 8.60. The molecule has 0 aromatic heterocycles. The smallest absolute Gasteiger partial charge is 0.118 e. The molecule has 0 amide bonds. The van der Waals surface area contributed by atoms with Gasteiger partial charge in [-0.15, -0.1) is 0 Å². The molecule has 1 saturated heterocycles. The molecule has 1 fully saturated rings. The Bertz CT molecular complexity index is 309. The van der Waals surface area contributed by atoms with Gasteiger partial charge in [-0.05, 0) is 18.9 Å². The molecule has 2 nitrogen and oxygen atoms in total. The average molecular weight is 192 g/mol. The molecular formula is C12H16O2. The predicted molar refractivity (Wildman–Crippen MR) is 55.0 cm³/mol. The van der Waals surface area contributed by atoms with E-state index in [4.69, 9.17) is 4.74 Å². The molecule has 1 N–H and O–H groups in total. The van der Waals surface area contributed by atoms with Crippen LogP contribution >= 0.6 is 0 Å². The molecule has 0 spiro atoms. The summed E-state index contributed by atoms with van der Waals surface area (Å²) < 4.78 is 5.38. The molecular weight excluding hydrogens is 176 g/mol. The van der Waals surface area contributed by atoms with Crippen LogP contribution in [-0.4, -0.2) is 17.3 Å². The van der Waals surface area contributed by atoms with Gasteiger partial charge in [-0.3, -0.25) is 0 Å². The Kier molecular flexibility index (Phi) is 2.33. The van der Waals surface area contributed by atoms with Crippen molar-refractivity contribution in [3.8, 4) is 0 Å². The third kappa shape index (κ3) is 1.45. The summed E-state index contributed by atoms with van der Waals surface area (Å²) in [7, 11) is 0. The first-order chi connectivity index (χ1) is 6.68. The molecule has 2 heteroatoms. The van der Waals surface area contributed by atoms with E-state index in [2.05, 4.69) is 0 Å². The van der Waals surface area contributed by atoms with Gasteiger partial charge in [-0.1, -0.05) is 37.3 Å². The fraction of sp³-hybridized carbons (Fsp3) is 0.500. The van der Waals surface area contributed by atoms with Crippen molar-refractivity contribution in [2.75, 3.05) is 0 Å². The van der Waals surface area contributed by atoms with Gasteiger partial charge in [-0.25, -0.2) is 0 Å². The number of hydrogen-bond donors (Lipinski definition) is 1. The third-order valence-corrected chi connectivity index (χ3v) is 2.99. The van der Waals surface area contributed by atoms with Crippen molar-refractivity contribution in [1.29, 1.82) is 0 Å². The van der Waals surface area contributed by atoms with Crippen molar-refractivity contribution in [2.24, 2.45) is 0 Å². The summed E-state index contributed by atoms with van der Waals surface area (Å²) in [6.07, 6.45) is 0.835. The maximum Gasteiger partial charge on any atom is 0.118 e. The van der Waals surface area contributed by atoms with Gasteiger partial charge in [0.15, 0.2) is 0 Å². The SMILES string of the molecule is CC[C@](O)(c1ccccc1)[C@@H]1O[C@H]1C. The van der Waals surface area contributed by atoms with Crippen LogP contribution in [0.15, 0.2) is 30.3 Å². The Morgan fingerprint density at radius 1 is 1.36 bits per heavy atom. The number of epoxide rings is 1. The summed E-state index contributed by atoms with van der Waals surface area (Å²) in [5.41, 5.74) is 0.151. The normalized spacial score (nSPS) is 29.6. The van der Waals surface area contributed by atoms with Gasteiger partial charge in [-0.2, -0.15) is 0 Å². The van der Waals surface area contributed by atoms with E-state index < -0.39 is 5.60 Å². The number of benzene rings is 1. The highest BCUT2D eigenvalue weighted by atomic mass is 16.6. The molecule has 1 heterocycles. The Labute approximate surface area is 84.5 Å². The lowest BCUT2D eigenvalue weighted by Gasteiger charge is -2.25. The van der Waals surface area contributed by atoms with Crippen molar-refractivity contribution in [3.05, 3.63) is 35.9 Å². The minimum atomic E-state index is -0.805. The lowest BCUT2D eigenvalue weighted by molar-refractivity contribution is 0.00334. The van der Waals surface area contributed by atoms with E-state index in [1.54, 1.807) is 0 Å². The van der Waals surface area contributed by atoms with E-state index in [1.807, 2.05) is 44.2 Å². The molecule has 0 aliphatic carbocycles. The highest BCUT2D eigenvalue weighted by Gasteiger charge is 2.51. The summed E-state index contributed by atoms with van der Waals surface area (Å²) >= 11 is 0. The van der Waals surface area contributed by atoms with Crippen molar-refractivity contribution >= 4 is 0 Å². The van der Waals surface area contributed by atoms with Crippen LogP contribution in [0, 0.1) is 0 Å². The molecule has 1 aromatic carbocycles. The zero-order valence-electron chi connectivity index (χ0n) is 8.60. The summed E-state index contributed by atoms with van der Waals surface area (Å²) in [6.45, 7) is 3.98. The molecule has 1 aliphatic rings. The number of rotatable bonds is 3. The van der Waals surface area contributed by atoms with Crippen molar-refractivity contribution < 1.29 is 9.84 Å². The second-order valence-electron chi connectivity index (χ2n) is 3.91. The number of hydrogen-bond acceptors (Lipinski definition) is 2. The summed E-state index contributed by atoms with van der Waals surface area (Å²) in [5, 5.41) is 10.5. The minimum absolute atomic E-state index is 0.0325. The van der Waals surface area contributed by atoms with E-state index >= 15 is 0 Å². The van der Waals surface area contributed by atoms with Crippen molar-refractivity contribution in [3.63, 3.8) is 0 Å².